The normalized spacial score (nSPS) is 19.4. The number of rotatable bonds is 3. The third kappa shape index (κ3) is 3.29. The fourth-order valence-corrected chi connectivity index (χ4v) is 4.57. The van der Waals surface area contributed by atoms with Crippen molar-refractivity contribution in [1.29, 1.82) is 5.26 Å². The minimum atomic E-state index is -0.147. The van der Waals surface area contributed by atoms with Gasteiger partial charge in [0.2, 0.25) is 0 Å². The highest BCUT2D eigenvalue weighted by Gasteiger charge is 2.32. The summed E-state index contributed by atoms with van der Waals surface area (Å²) in [5.74, 6) is 0.451. The van der Waals surface area contributed by atoms with E-state index in [2.05, 4.69) is 40.2 Å². The highest BCUT2D eigenvalue weighted by atomic mass is 32.1. The average molecular weight is 395 g/mol. The van der Waals surface area contributed by atoms with E-state index in [0.29, 0.717) is 29.6 Å². The van der Waals surface area contributed by atoms with Crippen LogP contribution in [0.25, 0.3) is 11.0 Å². The molecular weight excluding hydrogens is 372 g/mol. The highest BCUT2D eigenvalue weighted by molar-refractivity contribution is 7.14. The molecule has 0 aliphatic carbocycles. The molecule has 0 unspecified atom stereocenters. The fraction of sp³-hybridized carbons (Fsp3) is 0.350. The summed E-state index contributed by atoms with van der Waals surface area (Å²) in [5.41, 5.74) is 2.48. The summed E-state index contributed by atoms with van der Waals surface area (Å²) in [4.78, 5) is 24.4. The standard InChI is InChI=1S/C20H22N6OS/c1-13-5-9-26(20(27)24-19-14(11-21)6-10-28-19)12-17(13)25(2)16-4-8-23-18-15(16)3-7-22-18/h3-4,6-8,10,13,17H,5,9,12H2,1-2H3,(H,22,23)(H,24,27)/t13-,17+/m1/s1. The van der Waals surface area contributed by atoms with Crippen molar-refractivity contribution in [2.75, 3.05) is 30.4 Å². The van der Waals surface area contributed by atoms with Gasteiger partial charge in [-0.1, -0.05) is 6.92 Å². The van der Waals surface area contributed by atoms with Crippen LogP contribution in [0, 0.1) is 17.2 Å². The topological polar surface area (TPSA) is 88.1 Å². The molecule has 2 N–H and O–H groups in total. The zero-order chi connectivity index (χ0) is 19.7. The number of H-pyrrole nitrogens is 1. The Morgan fingerprint density at radius 1 is 1.46 bits per heavy atom. The second kappa shape index (κ2) is 7.52. The number of carbonyl (C=O) groups is 1. The van der Waals surface area contributed by atoms with E-state index < -0.39 is 0 Å². The molecule has 3 aromatic rings. The first-order valence-electron chi connectivity index (χ1n) is 9.27. The molecule has 1 fully saturated rings. The van der Waals surface area contributed by atoms with Crippen molar-refractivity contribution in [2.45, 2.75) is 19.4 Å². The van der Waals surface area contributed by atoms with Gasteiger partial charge in [0, 0.05) is 49.6 Å². The number of piperidine rings is 1. The van der Waals surface area contributed by atoms with E-state index in [1.165, 1.54) is 11.3 Å². The summed E-state index contributed by atoms with van der Waals surface area (Å²) in [5, 5.41) is 15.6. The summed E-state index contributed by atoms with van der Waals surface area (Å²) in [7, 11) is 2.08. The van der Waals surface area contributed by atoms with Crippen LogP contribution < -0.4 is 10.2 Å². The van der Waals surface area contributed by atoms with Crippen molar-refractivity contribution in [1.82, 2.24) is 14.9 Å². The molecule has 7 nitrogen and oxygen atoms in total. The number of nitrogens with one attached hydrogen (secondary N) is 2. The van der Waals surface area contributed by atoms with Gasteiger partial charge < -0.3 is 14.8 Å². The highest BCUT2D eigenvalue weighted by Crippen LogP contribution is 2.31. The second-order valence-corrected chi connectivity index (χ2v) is 8.08. The first kappa shape index (κ1) is 18.3. The Kier molecular flexibility index (Phi) is 4.92. The molecule has 3 aromatic heterocycles. The number of nitrogens with zero attached hydrogens (tertiary/aromatic N) is 4. The minimum absolute atomic E-state index is 0.147. The van der Waals surface area contributed by atoms with Crippen molar-refractivity contribution >= 4 is 39.1 Å². The smallest absolute Gasteiger partial charge is 0.322 e. The predicted molar refractivity (Wildman–Crippen MR) is 112 cm³/mol. The van der Waals surface area contributed by atoms with Crippen molar-refractivity contribution in [3.8, 4) is 6.07 Å². The number of aromatic nitrogens is 2. The van der Waals surface area contributed by atoms with E-state index in [1.807, 2.05) is 34.8 Å². The third-order valence-corrected chi connectivity index (χ3v) is 6.36. The van der Waals surface area contributed by atoms with Crippen LogP contribution >= 0.6 is 11.3 Å². The number of likely N-dealkylation sites (tertiary alicyclic amines) is 1. The molecular formula is C20H22N6OS. The summed E-state index contributed by atoms with van der Waals surface area (Å²) in [6.07, 6.45) is 4.63. The van der Waals surface area contributed by atoms with Gasteiger partial charge in [0.25, 0.3) is 0 Å². The number of likely N-dealkylation sites (N-methyl/N-ethyl adjacent to an activating group) is 1. The minimum Gasteiger partial charge on any atom is -0.369 e. The summed E-state index contributed by atoms with van der Waals surface area (Å²) >= 11 is 1.37. The van der Waals surface area contributed by atoms with Gasteiger partial charge in [0.15, 0.2) is 0 Å². The molecule has 1 saturated heterocycles. The van der Waals surface area contributed by atoms with E-state index in [0.717, 1.165) is 23.1 Å². The van der Waals surface area contributed by atoms with E-state index >= 15 is 0 Å². The van der Waals surface area contributed by atoms with E-state index in [1.54, 1.807) is 6.07 Å². The number of urea groups is 1. The maximum Gasteiger partial charge on any atom is 0.322 e. The maximum atomic E-state index is 12.8. The number of thiophene rings is 1. The first-order valence-corrected chi connectivity index (χ1v) is 10.1. The molecule has 1 aliphatic heterocycles. The van der Waals surface area contributed by atoms with Gasteiger partial charge in [-0.25, -0.2) is 9.78 Å². The largest absolute Gasteiger partial charge is 0.369 e. The van der Waals surface area contributed by atoms with Crippen LogP contribution in [0.1, 0.15) is 18.9 Å². The van der Waals surface area contributed by atoms with Gasteiger partial charge in [-0.3, -0.25) is 5.32 Å². The van der Waals surface area contributed by atoms with Crippen LogP contribution in [-0.2, 0) is 0 Å². The Balaban J connectivity index is 1.52. The number of aromatic amines is 1. The molecule has 4 heterocycles. The number of nitriles is 1. The zero-order valence-corrected chi connectivity index (χ0v) is 16.7. The molecule has 2 amide bonds. The molecule has 2 atom stereocenters. The predicted octanol–water partition coefficient (Wildman–Crippen LogP) is 3.87. The van der Waals surface area contributed by atoms with Gasteiger partial charge in [0.05, 0.1) is 5.56 Å². The Hall–Kier alpha value is -3.05. The Bertz CT molecular complexity index is 1030. The van der Waals surface area contributed by atoms with Crippen LogP contribution in [0.5, 0.6) is 0 Å². The van der Waals surface area contributed by atoms with Crippen molar-refractivity contribution in [3.63, 3.8) is 0 Å². The van der Waals surface area contributed by atoms with E-state index in [-0.39, 0.29) is 12.1 Å². The van der Waals surface area contributed by atoms with Gasteiger partial charge in [-0.2, -0.15) is 5.26 Å². The molecule has 0 spiro atoms. The fourth-order valence-electron chi connectivity index (χ4n) is 3.84. The van der Waals surface area contributed by atoms with Crippen molar-refractivity contribution < 1.29 is 4.79 Å². The second-order valence-electron chi connectivity index (χ2n) is 7.17. The first-order chi connectivity index (χ1) is 13.6. The maximum absolute atomic E-state index is 12.8. The Morgan fingerprint density at radius 2 is 2.32 bits per heavy atom. The third-order valence-electron chi connectivity index (χ3n) is 5.53. The summed E-state index contributed by atoms with van der Waals surface area (Å²) in [6, 6.07) is 7.94. The molecule has 28 heavy (non-hydrogen) atoms. The van der Waals surface area contributed by atoms with Crippen LogP contribution in [-0.4, -0.2) is 47.1 Å². The Labute approximate surface area is 167 Å². The Morgan fingerprint density at radius 3 is 3.14 bits per heavy atom. The van der Waals surface area contributed by atoms with Gasteiger partial charge in [-0.05, 0) is 35.9 Å². The molecule has 8 heteroatoms. The lowest BCUT2D eigenvalue weighted by molar-refractivity contribution is 0.172. The van der Waals surface area contributed by atoms with E-state index in [9.17, 15) is 4.79 Å². The van der Waals surface area contributed by atoms with Gasteiger partial charge in [-0.15, -0.1) is 11.3 Å². The molecule has 0 bridgehead atoms. The lowest BCUT2D eigenvalue weighted by Gasteiger charge is -2.42. The molecule has 0 saturated carbocycles. The van der Waals surface area contributed by atoms with Crippen molar-refractivity contribution in [2.24, 2.45) is 5.92 Å². The lowest BCUT2D eigenvalue weighted by atomic mass is 9.92. The van der Waals surface area contributed by atoms with Crippen LogP contribution in [0.2, 0.25) is 0 Å². The average Bonchev–Trinajstić information content (AvgIpc) is 3.36. The number of amides is 2. The quantitative estimate of drug-likeness (QED) is 0.706. The lowest BCUT2D eigenvalue weighted by Crippen LogP contribution is -2.53. The number of carbonyl (C=O) groups excluding carboxylic acids is 1. The number of hydrogen-bond acceptors (Lipinski definition) is 5. The van der Waals surface area contributed by atoms with Crippen LogP contribution in [0.15, 0.2) is 36.0 Å². The summed E-state index contributed by atoms with van der Waals surface area (Å²) in [6.45, 7) is 3.57. The molecule has 1 aliphatic rings. The number of hydrogen-bond donors (Lipinski definition) is 2. The van der Waals surface area contributed by atoms with E-state index in [4.69, 9.17) is 5.26 Å². The summed E-state index contributed by atoms with van der Waals surface area (Å²) < 4.78 is 0. The zero-order valence-electron chi connectivity index (χ0n) is 15.8. The molecule has 0 radical (unpaired) electrons. The van der Waals surface area contributed by atoms with Crippen molar-refractivity contribution in [3.05, 3.63) is 41.5 Å². The molecule has 0 aromatic carbocycles. The van der Waals surface area contributed by atoms with Gasteiger partial charge in [0.1, 0.15) is 16.7 Å². The molecule has 4 rings (SSSR count). The number of anilines is 2. The number of fused-ring (bicyclic) bond motifs is 1. The monoisotopic (exact) mass is 394 g/mol. The number of pyridine rings is 1. The van der Waals surface area contributed by atoms with Gasteiger partial charge >= 0.3 is 6.03 Å². The molecule has 144 valence electrons. The SMILES string of the molecule is C[C@@H]1CCN(C(=O)Nc2sccc2C#N)C[C@@H]1N(C)c1ccnc2[nH]ccc12. The van der Waals surface area contributed by atoms with Crippen LogP contribution in [0.3, 0.4) is 0 Å². The van der Waals surface area contributed by atoms with Crippen LogP contribution in [0.4, 0.5) is 15.5 Å².